The highest BCUT2D eigenvalue weighted by molar-refractivity contribution is 6.35. The van der Waals surface area contributed by atoms with Crippen LogP contribution < -0.4 is 0 Å². The highest BCUT2D eigenvalue weighted by Gasteiger charge is 2.34. The fraction of sp³-hybridized carbons (Fsp3) is 0.421. The van der Waals surface area contributed by atoms with Crippen molar-refractivity contribution in [3.8, 4) is 16.9 Å². The minimum absolute atomic E-state index is 0.0147. The van der Waals surface area contributed by atoms with Crippen molar-refractivity contribution in [2.75, 3.05) is 20.8 Å². The molecule has 0 aliphatic heterocycles. The van der Waals surface area contributed by atoms with Gasteiger partial charge in [-0.3, -0.25) is 9.59 Å². The lowest BCUT2D eigenvalue weighted by Crippen LogP contribution is -2.25. The summed E-state index contributed by atoms with van der Waals surface area (Å²) < 4.78 is 17.5. The summed E-state index contributed by atoms with van der Waals surface area (Å²) >= 11 is 18.8. The molecule has 3 aromatic rings. The molecule has 8 nitrogen and oxygen atoms in total. The summed E-state index contributed by atoms with van der Waals surface area (Å²) in [5.41, 5.74) is 3.96. The Morgan fingerprint density at radius 1 is 0.755 bits per heavy atom. The molecule has 0 spiro atoms. The average molecular weight is 732 g/mol. The molecule has 11 heteroatoms. The number of carbonyl (C=O) groups excluding carboxylic acids is 3. The van der Waals surface area contributed by atoms with Crippen molar-refractivity contribution >= 4 is 52.3 Å². The van der Waals surface area contributed by atoms with Crippen LogP contribution in [0.15, 0.2) is 65.1 Å². The predicted molar refractivity (Wildman–Crippen MR) is 196 cm³/mol. The molecule has 0 atom stereocenters. The number of carbonyl (C=O) groups is 3. The molecule has 0 saturated carbocycles. The molecule has 1 aromatic heterocycles. The van der Waals surface area contributed by atoms with E-state index < -0.39 is 5.97 Å². The number of methoxy groups -OCH3 is 2. The van der Waals surface area contributed by atoms with E-state index in [1.54, 1.807) is 41.9 Å². The summed E-state index contributed by atoms with van der Waals surface area (Å²) in [6.45, 7) is 7.80. The second kappa shape index (κ2) is 19.6. The van der Waals surface area contributed by atoms with Crippen LogP contribution in [0, 0.1) is 6.92 Å². The lowest BCUT2D eigenvalue weighted by Gasteiger charge is -2.20. The van der Waals surface area contributed by atoms with Crippen LogP contribution in [0.5, 0.6) is 0 Å². The van der Waals surface area contributed by atoms with Gasteiger partial charge in [-0.05, 0) is 63.4 Å². The Bertz CT molecular complexity index is 1690. The fourth-order valence-corrected chi connectivity index (χ4v) is 6.27. The van der Waals surface area contributed by atoms with Gasteiger partial charge in [-0.2, -0.15) is 5.10 Å². The van der Waals surface area contributed by atoms with Gasteiger partial charge in [0.2, 0.25) is 23.1 Å². The molecule has 4 rings (SSSR count). The minimum atomic E-state index is -0.489. The van der Waals surface area contributed by atoms with Gasteiger partial charge in [0.05, 0.1) is 37.2 Å². The van der Waals surface area contributed by atoms with Crippen LogP contribution >= 0.6 is 34.8 Å². The van der Waals surface area contributed by atoms with Gasteiger partial charge in [-0.1, -0.05) is 99.3 Å². The normalized spacial score (nSPS) is 13.0. The Morgan fingerprint density at radius 3 is 1.90 bits per heavy atom. The van der Waals surface area contributed by atoms with Crippen LogP contribution in [-0.2, 0) is 23.8 Å². The van der Waals surface area contributed by atoms with E-state index in [9.17, 15) is 14.4 Å². The number of unbranched alkanes of at least 4 members (excludes halogenated alkanes) is 7. The molecule has 0 N–H and O–H groups in total. The lowest BCUT2D eigenvalue weighted by molar-refractivity contribution is -0.121. The average Bonchev–Trinajstić information content (AvgIpc) is 3.43. The third-order valence-electron chi connectivity index (χ3n) is 8.22. The number of rotatable bonds is 16. The van der Waals surface area contributed by atoms with Gasteiger partial charge in [0.25, 0.3) is 0 Å². The van der Waals surface area contributed by atoms with Crippen molar-refractivity contribution in [1.29, 1.82) is 0 Å². The van der Waals surface area contributed by atoms with Gasteiger partial charge in [-0.15, -0.1) is 0 Å². The van der Waals surface area contributed by atoms with Gasteiger partial charge in [0.15, 0.2) is 5.69 Å². The molecule has 0 bridgehead atoms. The van der Waals surface area contributed by atoms with Crippen molar-refractivity contribution in [2.24, 2.45) is 0 Å². The monoisotopic (exact) mass is 730 g/mol. The standard InChI is InChI=1S/C36H39Cl3N2O6.C2H6/c1-22-27(33(43)35(46-4)34(45-3)32(22)42)13-11-9-7-5-6-8-10-12-20-47-36(44)30-23(2)31(24-14-16-25(37)17-15-24)41(40-30)29-19-18-26(38)21-28(29)39;1-2/h14-19,21H,5-13,20H2,1-4H3;1-2H3. The Kier molecular flexibility index (Phi) is 15.9. The van der Waals surface area contributed by atoms with E-state index in [4.69, 9.17) is 49.0 Å². The summed E-state index contributed by atoms with van der Waals surface area (Å²) in [7, 11) is 2.73. The smallest absolute Gasteiger partial charge is 0.359 e. The van der Waals surface area contributed by atoms with Crippen LogP contribution in [0.3, 0.4) is 0 Å². The maximum absolute atomic E-state index is 13.1. The summed E-state index contributed by atoms with van der Waals surface area (Å²) in [4.78, 5) is 38.4. The second-order valence-corrected chi connectivity index (χ2v) is 12.7. The lowest BCUT2D eigenvalue weighted by atomic mass is 9.89. The zero-order valence-corrected chi connectivity index (χ0v) is 31.4. The summed E-state index contributed by atoms with van der Waals surface area (Å²) in [5, 5.41) is 6.11. The van der Waals surface area contributed by atoms with E-state index in [2.05, 4.69) is 5.10 Å². The third-order valence-corrected chi connectivity index (χ3v) is 9.01. The number of esters is 1. The van der Waals surface area contributed by atoms with E-state index in [-0.39, 0.29) is 28.8 Å². The first-order chi connectivity index (χ1) is 23.6. The number of Topliss-reactive ketones (excluding diaryl/α,β-unsaturated/α-hetero) is 2. The molecule has 264 valence electrons. The summed E-state index contributed by atoms with van der Waals surface area (Å²) in [6, 6.07) is 12.4. The first-order valence-electron chi connectivity index (χ1n) is 16.7. The number of hydrogen-bond acceptors (Lipinski definition) is 7. The predicted octanol–water partition coefficient (Wildman–Crippen LogP) is 10.5. The molecule has 49 heavy (non-hydrogen) atoms. The number of benzene rings is 2. The molecular weight excluding hydrogens is 687 g/mol. The first kappa shape index (κ1) is 39.8. The molecule has 0 fully saturated rings. The van der Waals surface area contributed by atoms with E-state index in [1.807, 2.05) is 32.9 Å². The molecular formula is C38H45Cl3N2O6. The van der Waals surface area contributed by atoms with E-state index in [0.29, 0.717) is 56.2 Å². The number of halogens is 3. The van der Waals surface area contributed by atoms with Gasteiger partial charge >= 0.3 is 5.97 Å². The number of hydrogen-bond donors (Lipinski definition) is 0. The van der Waals surface area contributed by atoms with Crippen molar-refractivity contribution in [2.45, 2.75) is 85.5 Å². The van der Waals surface area contributed by atoms with Crippen molar-refractivity contribution < 1.29 is 28.6 Å². The van der Waals surface area contributed by atoms with Gasteiger partial charge < -0.3 is 14.2 Å². The van der Waals surface area contributed by atoms with Crippen LogP contribution in [0.1, 0.15) is 94.6 Å². The molecule has 0 saturated heterocycles. The SMILES string of the molecule is CC.COC1=C(OC)C(=O)C(CCCCCCCCCCOC(=O)c2nn(-c3ccc(Cl)cc3Cl)c(-c3ccc(Cl)cc3)c2C)=C(C)C1=O. The molecule has 1 aliphatic rings. The van der Waals surface area contributed by atoms with Crippen molar-refractivity contribution in [1.82, 2.24) is 9.78 Å². The Balaban J connectivity index is 0.00000319. The summed E-state index contributed by atoms with van der Waals surface area (Å²) in [6.07, 6.45) is 8.21. The van der Waals surface area contributed by atoms with Gasteiger partial charge in [-0.25, -0.2) is 9.48 Å². The van der Waals surface area contributed by atoms with Crippen LogP contribution in [0.2, 0.25) is 15.1 Å². The van der Waals surface area contributed by atoms with Crippen LogP contribution in [0.4, 0.5) is 0 Å². The fourth-order valence-electron chi connectivity index (χ4n) is 5.65. The number of allylic oxidation sites excluding steroid dienone is 2. The maximum Gasteiger partial charge on any atom is 0.359 e. The number of aromatic nitrogens is 2. The second-order valence-electron chi connectivity index (χ2n) is 11.4. The Hall–Kier alpha value is -3.59. The molecule has 1 aliphatic carbocycles. The molecule has 2 aromatic carbocycles. The third kappa shape index (κ3) is 9.99. The van der Waals surface area contributed by atoms with E-state index in [1.165, 1.54) is 14.2 Å². The van der Waals surface area contributed by atoms with Crippen molar-refractivity contribution in [3.63, 3.8) is 0 Å². The highest BCUT2D eigenvalue weighted by atomic mass is 35.5. The number of ether oxygens (including phenoxy) is 3. The minimum Gasteiger partial charge on any atom is -0.489 e. The van der Waals surface area contributed by atoms with E-state index in [0.717, 1.165) is 56.9 Å². The summed E-state index contributed by atoms with van der Waals surface area (Å²) in [5.74, 6) is -1.09. The molecule has 0 radical (unpaired) electrons. The molecule has 0 unspecified atom stereocenters. The molecule has 1 heterocycles. The molecule has 0 amide bonds. The number of ketones is 2. The van der Waals surface area contributed by atoms with Crippen LogP contribution in [-0.4, -0.2) is 48.1 Å². The zero-order chi connectivity index (χ0) is 36.1. The van der Waals surface area contributed by atoms with Crippen molar-refractivity contribution in [3.05, 3.63) is 91.5 Å². The van der Waals surface area contributed by atoms with Crippen LogP contribution in [0.25, 0.3) is 16.9 Å². The van der Waals surface area contributed by atoms with Gasteiger partial charge in [0.1, 0.15) is 0 Å². The Morgan fingerprint density at radius 2 is 1.31 bits per heavy atom. The highest BCUT2D eigenvalue weighted by Crippen LogP contribution is 2.34. The number of nitrogens with zero attached hydrogens (tertiary/aromatic N) is 2. The Labute approximate surface area is 304 Å². The maximum atomic E-state index is 13.1. The first-order valence-corrected chi connectivity index (χ1v) is 17.8. The quantitative estimate of drug-likeness (QED) is 0.0822. The van der Waals surface area contributed by atoms with E-state index >= 15 is 0 Å². The topological polar surface area (TPSA) is 96.7 Å². The van der Waals surface area contributed by atoms with Gasteiger partial charge in [0, 0.05) is 32.3 Å². The zero-order valence-electron chi connectivity index (χ0n) is 29.1. The largest absolute Gasteiger partial charge is 0.489 e.